The summed E-state index contributed by atoms with van der Waals surface area (Å²) >= 11 is 0. The number of carbonyl (C=O) groups is 1. The number of aliphatic hydroxyl groups is 3. The third-order valence-electron chi connectivity index (χ3n) is 4.33. The van der Waals surface area contributed by atoms with Crippen LogP contribution in [0.25, 0.3) is 0 Å². The second kappa shape index (κ2) is 16.0. The van der Waals surface area contributed by atoms with E-state index in [1.54, 1.807) is 41.5 Å². The zero-order valence-electron chi connectivity index (χ0n) is 20.8. The summed E-state index contributed by atoms with van der Waals surface area (Å²) in [6.45, 7) is 13.8. The topological polar surface area (TPSA) is 101 Å². The monoisotopic (exact) mass is 433 g/mol. The van der Waals surface area contributed by atoms with E-state index in [1.165, 1.54) is 44.9 Å². The molecule has 6 nitrogen and oxygen atoms in total. The number of carboxylic acid groups (broad SMARTS) is 1. The molecule has 0 bridgehead atoms. The van der Waals surface area contributed by atoms with E-state index in [1.807, 2.05) is 4.90 Å². The molecule has 0 radical (unpaired) electrons. The van der Waals surface area contributed by atoms with Crippen molar-refractivity contribution in [3.8, 4) is 0 Å². The molecule has 0 heterocycles. The van der Waals surface area contributed by atoms with Crippen LogP contribution in [0.4, 0.5) is 0 Å². The molecule has 0 fully saturated rings. The number of aliphatic carboxylic acids is 1. The van der Waals surface area contributed by atoms with E-state index in [0.29, 0.717) is 26.1 Å². The molecule has 0 aliphatic heterocycles. The average molecular weight is 434 g/mol. The summed E-state index contributed by atoms with van der Waals surface area (Å²) in [4.78, 5) is 12.1. The minimum absolute atomic E-state index is 0.343. The van der Waals surface area contributed by atoms with Crippen molar-refractivity contribution >= 4 is 5.97 Å². The molecule has 0 rings (SSSR count). The summed E-state index contributed by atoms with van der Waals surface area (Å²) in [5.41, 5.74) is -2.51. The maximum atomic E-state index is 10.2. The first kappa shape index (κ1) is 31.5. The van der Waals surface area contributed by atoms with E-state index < -0.39 is 22.8 Å². The highest BCUT2D eigenvalue weighted by Crippen LogP contribution is 2.14. The molecule has 0 unspecified atom stereocenters. The van der Waals surface area contributed by atoms with Crippen LogP contribution in [0.1, 0.15) is 113 Å². The SMILES string of the molecule is CC(C)(O)CN(CC(C)(C)O)CC(C)(C)O.CCCCCCCCCCCC(=O)O. The average Bonchev–Trinajstić information content (AvgIpc) is 2.48. The van der Waals surface area contributed by atoms with Gasteiger partial charge < -0.3 is 20.4 Å². The normalized spacial score (nSPS) is 12.6. The molecule has 0 spiro atoms. The standard InChI is InChI=1S/C12H27NO3.C12H24O2/c1-10(2,14)7-13(8-11(3,4)15)9-12(5,6)16;1-2-3-4-5-6-7-8-9-10-11-12(13)14/h14-16H,7-9H2,1-6H3;2-11H2,1H3,(H,13,14). The Kier molecular flexibility index (Phi) is 16.8. The highest BCUT2D eigenvalue weighted by atomic mass is 16.4. The first-order chi connectivity index (χ1) is 13.6. The predicted molar refractivity (Wildman–Crippen MR) is 125 cm³/mol. The lowest BCUT2D eigenvalue weighted by atomic mass is 10.0. The van der Waals surface area contributed by atoms with Crippen molar-refractivity contribution in [2.24, 2.45) is 0 Å². The summed E-state index contributed by atoms with van der Waals surface area (Å²) in [6, 6.07) is 0. The van der Waals surface area contributed by atoms with Gasteiger partial charge in [-0.3, -0.25) is 9.69 Å². The molecule has 182 valence electrons. The van der Waals surface area contributed by atoms with Gasteiger partial charge >= 0.3 is 5.97 Å². The Hall–Kier alpha value is -0.690. The number of hydrogen-bond acceptors (Lipinski definition) is 5. The van der Waals surface area contributed by atoms with E-state index in [9.17, 15) is 20.1 Å². The zero-order chi connectivity index (χ0) is 23.8. The van der Waals surface area contributed by atoms with E-state index in [0.717, 1.165) is 12.8 Å². The molecule has 0 aromatic heterocycles. The van der Waals surface area contributed by atoms with Crippen LogP contribution in [0.2, 0.25) is 0 Å². The molecular weight excluding hydrogens is 382 g/mol. The fourth-order valence-electron chi connectivity index (χ4n) is 3.40. The van der Waals surface area contributed by atoms with Gasteiger partial charge in [-0.1, -0.05) is 58.3 Å². The molecule has 0 aliphatic carbocycles. The van der Waals surface area contributed by atoms with Gasteiger partial charge in [-0.2, -0.15) is 0 Å². The third kappa shape index (κ3) is 29.5. The molecule has 4 N–H and O–H groups in total. The highest BCUT2D eigenvalue weighted by molar-refractivity contribution is 5.66. The summed E-state index contributed by atoms with van der Waals surface area (Å²) in [7, 11) is 0. The molecule has 0 saturated heterocycles. The lowest BCUT2D eigenvalue weighted by Gasteiger charge is -2.36. The van der Waals surface area contributed by atoms with Gasteiger partial charge in [0, 0.05) is 26.1 Å². The van der Waals surface area contributed by atoms with Crippen molar-refractivity contribution in [3.63, 3.8) is 0 Å². The maximum Gasteiger partial charge on any atom is 0.303 e. The zero-order valence-corrected chi connectivity index (χ0v) is 20.8. The lowest BCUT2D eigenvalue weighted by molar-refractivity contribution is -0.137. The van der Waals surface area contributed by atoms with Gasteiger partial charge in [-0.15, -0.1) is 0 Å². The smallest absolute Gasteiger partial charge is 0.303 e. The summed E-state index contributed by atoms with van der Waals surface area (Å²) in [5.74, 6) is -0.659. The molecule has 6 heteroatoms. The molecule has 0 atom stereocenters. The molecule has 0 saturated carbocycles. The second-order valence-electron chi connectivity index (χ2n) is 10.6. The minimum atomic E-state index is -0.837. The summed E-state index contributed by atoms with van der Waals surface area (Å²) in [6.07, 6.45) is 11.5. The van der Waals surface area contributed by atoms with Crippen molar-refractivity contribution in [1.29, 1.82) is 0 Å². The number of rotatable bonds is 16. The van der Waals surface area contributed by atoms with Crippen LogP contribution in [0, 0.1) is 0 Å². The summed E-state index contributed by atoms with van der Waals surface area (Å²) in [5, 5.41) is 37.7. The molecule has 0 aromatic carbocycles. The Morgan fingerprint density at radius 2 is 0.933 bits per heavy atom. The first-order valence-corrected chi connectivity index (χ1v) is 11.7. The van der Waals surface area contributed by atoms with Crippen LogP contribution in [0.5, 0.6) is 0 Å². The van der Waals surface area contributed by atoms with Crippen molar-refractivity contribution < 1.29 is 25.2 Å². The fraction of sp³-hybridized carbons (Fsp3) is 0.958. The third-order valence-corrected chi connectivity index (χ3v) is 4.33. The highest BCUT2D eigenvalue weighted by Gasteiger charge is 2.27. The van der Waals surface area contributed by atoms with Crippen molar-refractivity contribution in [3.05, 3.63) is 0 Å². The quantitative estimate of drug-likeness (QED) is 0.266. The molecular formula is C24H51NO5. The van der Waals surface area contributed by atoms with Crippen LogP contribution in [-0.2, 0) is 4.79 Å². The Morgan fingerprint density at radius 3 is 1.20 bits per heavy atom. The van der Waals surface area contributed by atoms with Gasteiger partial charge in [0.25, 0.3) is 0 Å². The van der Waals surface area contributed by atoms with Gasteiger partial charge in [-0.25, -0.2) is 0 Å². The number of carboxylic acids is 1. The van der Waals surface area contributed by atoms with Crippen LogP contribution in [-0.4, -0.2) is 67.7 Å². The van der Waals surface area contributed by atoms with Crippen LogP contribution in [0.15, 0.2) is 0 Å². The van der Waals surface area contributed by atoms with Crippen LogP contribution in [0.3, 0.4) is 0 Å². The van der Waals surface area contributed by atoms with E-state index in [-0.39, 0.29) is 0 Å². The van der Waals surface area contributed by atoms with Gasteiger partial charge in [0.1, 0.15) is 0 Å². The molecule has 30 heavy (non-hydrogen) atoms. The van der Waals surface area contributed by atoms with E-state index >= 15 is 0 Å². The van der Waals surface area contributed by atoms with Crippen LogP contribution < -0.4 is 0 Å². The Morgan fingerprint density at radius 1 is 0.633 bits per heavy atom. The molecule has 0 aromatic rings. The first-order valence-electron chi connectivity index (χ1n) is 11.7. The van der Waals surface area contributed by atoms with Crippen molar-refractivity contribution in [1.82, 2.24) is 4.90 Å². The lowest BCUT2D eigenvalue weighted by Crippen LogP contribution is -2.50. The Bertz CT molecular complexity index is 381. The molecule has 0 amide bonds. The van der Waals surface area contributed by atoms with Crippen molar-refractivity contribution in [2.75, 3.05) is 19.6 Å². The predicted octanol–water partition coefficient (Wildman–Crippen LogP) is 4.59. The summed E-state index contributed by atoms with van der Waals surface area (Å²) < 4.78 is 0. The second-order valence-corrected chi connectivity index (χ2v) is 10.6. The number of unbranched alkanes of at least 4 members (excludes halogenated alkanes) is 8. The maximum absolute atomic E-state index is 10.2. The van der Waals surface area contributed by atoms with Crippen LogP contribution >= 0.6 is 0 Å². The minimum Gasteiger partial charge on any atom is -0.481 e. The van der Waals surface area contributed by atoms with Gasteiger partial charge in [0.2, 0.25) is 0 Å². The largest absolute Gasteiger partial charge is 0.481 e. The van der Waals surface area contributed by atoms with Gasteiger partial charge in [-0.05, 0) is 48.0 Å². The molecule has 0 aliphatic rings. The Labute approximate surface area is 185 Å². The Balaban J connectivity index is 0. The van der Waals surface area contributed by atoms with Crippen molar-refractivity contribution in [2.45, 2.75) is 129 Å². The van der Waals surface area contributed by atoms with Gasteiger partial charge in [0.15, 0.2) is 0 Å². The number of hydrogen-bond donors (Lipinski definition) is 4. The van der Waals surface area contributed by atoms with E-state index in [4.69, 9.17) is 5.11 Å². The fourth-order valence-corrected chi connectivity index (χ4v) is 3.40. The number of nitrogens with zero attached hydrogens (tertiary/aromatic N) is 1. The van der Waals surface area contributed by atoms with E-state index in [2.05, 4.69) is 6.92 Å². The van der Waals surface area contributed by atoms with Gasteiger partial charge in [0.05, 0.1) is 16.8 Å².